The molecule has 0 aromatic rings. The molecule has 1 heterocycles. The van der Waals surface area contributed by atoms with Crippen molar-refractivity contribution in [2.24, 2.45) is 0 Å². The Morgan fingerprint density at radius 3 is 2.50 bits per heavy atom. The SMILES string of the molecule is CNC(=O)[C@@H]1CCCN1C(=O)[C@H](CC(=O)O)NC(C)=O. The second-order valence-corrected chi connectivity index (χ2v) is 4.65. The van der Waals surface area contributed by atoms with Crippen molar-refractivity contribution >= 4 is 23.7 Å². The predicted molar refractivity (Wildman–Crippen MR) is 68.7 cm³/mol. The Bertz CT molecular complexity index is 407. The number of carbonyl (C=O) groups is 4. The van der Waals surface area contributed by atoms with Crippen molar-refractivity contribution in [2.75, 3.05) is 13.6 Å². The predicted octanol–water partition coefficient (Wildman–Crippen LogP) is -1.30. The fourth-order valence-corrected chi connectivity index (χ4v) is 2.29. The lowest BCUT2D eigenvalue weighted by Gasteiger charge is -2.27. The fourth-order valence-electron chi connectivity index (χ4n) is 2.29. The van der Waals surface area contributed by atoms with Gasteiger partial charge in [0, 0.05) is 20.5 Å². The van der Waals surface area contributed by atoms with Gasteiger partial charge in [-0.2, -0.15) is 0 Å². The third kappa shape index (κ3) is 3.94. The van der Waals surface area contributed by atoms with E-state index in [1.807, 2.05) is 0 Å². The average molecular weight is 285 g/mol. The van der Waals surface area contributed by atoms with Gasteiger partial charge in [0.25, 0.3) is 0 Å². The van der Waals surface area contributed by atoms with Crippen LogP contribution in [0.15, 0.2) is 0 Å². The zero-order valence-electron chi connectivity index (χ0n) is 11.5. The van der Waals surface area contributed by atoms with Crippen molar-refractivity contribution in [2.45, 2.75) is 38.3 Å². The molecule has 1 rings (SSSR count). The van der Waals surface area contributed by atoms with Gasteiger partial charge in [-0.3, -0.25) is 19.2 Å². The van der Waals surface area contributed by atoms with Gasteiger partial charge in [0.05, 0.1) is 6.42 Å². The first-order valence-electron chi connectivity index (χ1n) is 6.37. The molecule has 0 aromatic heterocycles. The number of hydrogen-bond donors (Lipinski definition) is 3. The van der Waals surface area contributed by atoms with Gasteiger partial charge in [-0.15, -0.1) is 0 Å². The summed E-state index contributed by atoms with van der Waals surface area (Å²) < 4.78 is 0. The second kappa shape index (κ2) is 6.88. The van der Waals surface area contributed by atoms with E-state index >= 15 is 0 Å². The number of likely N-dealkylation sites (tertiary alicyclic amines) is 1. The van der Waals surface area contributed by atoms with E-state index in [0.29, 0.717) is 19.4 Å². The van der Waals surface area contributed by atoms with Crippen molar-refractivity contribution in [3.8, 4) is 0 Å². The molecular weight excluding hydrogens is 266 g/mol. The summed E-state index contributed by atoms with van der Waals surface area (Å²) >= 11 is 0. The monoisotopic (exact) mass is 285 g/mol. The summed E-state index contributed by atoms with van der Waals surface area (Å²) in [6, 6.07) is -1.74. The molecule has 2 atom stereocenters. The number of amides is 3. The molecule has 0 spiro atoms. The van der Waals surface area contributed by atoms with Crippen molar-refractivity contribution in [1.29, 1.82) is 0 Å². The van der Waals surface area contributed by atoms with Crippen LogP contribution in [0.3, 0.4) is 0 Å². The lowest BCUT2D eigenvalue weighted by atomic mass is 10.1. The number of carbonyl (C=O) groups excluding carboxylic acids is 3. The maximum Gasteiger partial charge on any atom is 0.305 e. The summed E-state index contributed by atoms with van der Waals surface area (Å²) in [6.45, 7) is 1.59. The summed E-state index contributed by atoms with van der Waals surface area (Å²) in [7, 11) is 1.48. The molecule has 0 aliphatic carbocycles. The number of likely N-dealkylation sites (N-methyl/N-ethyl adjacent to an activating group) is 1. The van der Waals surface area contributed by atoms with Crippen molar-refractivity contribution in [1.82, 2.24) is 15.5 Å². The standard InChI is InChI=1S/C12H19N3O5/c1-7(16)14-8(6-10(17)18)12(20)15-5-3-4-9(15)11(19)13-2/h8-9H,3-6H2,1-2H3,(H,13,19)(H,14,16)(H,17,18)/t8-,9-/m0/s1. The Hall–Kier alpha value is -2.12. The molecule has 0 radical (unpaired) electrons. The van der Waals surface area contributed by atoms with Gasteiger partial charge in [-0.05, 0) is 12.8 Å². The highest BCUT2D eigenvalue weighted by Crippen LogP contribution is 2.19. The van der Waals surface area contributed by atoms with Gasteiger partial charge < -0.3 is 20.6 Å². The van der Waals surface area contributed by atoms with Crippen LogP contribution in [-0.4, -0.2) is 59.4 Å². The van der Waals surface area contributed by atoms with Gasteiger partial charge >= 0.3 is 5.97 Å². The molecule has 0 unspecified atom stereocenters. The maximum atomic E-state index is 12.3. The molecule has 8 heteroatoms. The summed E-state index contributed by atoms with van der Waals surface area (Å²) in [5, 5.41) is 13.6. The summed E-state index contributed by atoms with van der Waals surface area (Å²) in [5.74, 6) is -2.49. The topological polar surface area (TPSA) is 116 Å². The largest absolute Gasteiger partial charge is 0.481 e. The quantitative estimate of drug-likeness (QED) is 0.581. The number of nitrogens with one attached hydrogen (secondary N) is 2. The lowest BCUT2D eigenvalue weighted by molar-refractivity contribution is -0.145. The molecule has 1 saturated heterocycles. The molecule has 20 heavy (non-hydrogen) atoms. The van der Waals surface area contributed by atoms with E-state index in [1.54, 1.807) is 0 Å². The van der Waals surface area contributed by atoms with E-state index in [9.17, 15) is 19.2 Å². The molecule has 1 fully saturated rings. The van der Waals surface area contributed by atoms with Crippen LogP contribution in [0.5, 0.6) is 0 Å². The highest BCUT2D eigenvalue weighted by atomic mass is 16.4. The van der Waals surface area contributed by atoms with E-state index in [2.05, 4.69) is 10.6 Å². The minimum absolute atomic E-state index is 0.284. The fraction of sp³-hybridized carbons (Fsp3) is 0.667. The number of rotatable bonds is 5. The van der Waals surface area contributed by atoms with Crippen LogP contribution < -0.4 is 10.6 Å². The average Bonchev–Trinajstić information content (AvgIpc) is 2.84. The number of carboxylic acids is 1. The molecular formula is C12H19N3O5. The number of nitrogens with zero attached hydrogens (tertiary/aromatic N) is 1. The summed E-state index contributed by atoms with van der Waals surface area (Å²) in [4.78, 5) is 47.2. The van der Waals surface area contributed by atoms with Crippen LogP contribution in [0.4, 0.5) is 0 Å². The normalized spacial score (nSPS) is 19.3. The van der Waals surface area contributed by atoms with Crippen molar-refractivity contribution < 1.29 is 24.3 Å². The van der Waals surface area contributed by atoms with Gasteiger partial charge in [-0.25, -0.2) is 0 Å². The first-order valence-corrected chi connectivity index (χ1v) is 6.37. The third-order valence-electron chi connectivity index (χ3n) is 3.14. The molecule has 3 N–H and O–H groups in total. The highest BCUT2D eigenvalue weighted by molar-refractivity contribution is 5.94. The number of carboxylic acid groups (broad SMARTS) is 1. The molecule has 0 aromatic carbocycles. The third-order valence-corrected chi connectivity index (χ3v) is 3.14. The van der Waals surface area contributed by atoms with Crippen LogP contribution in [0.25, 0.3) is 0 Å². The minimum Gasteiger partial charge on any atom is -0.481 e. The number of aliphatic carboxylic acids is 1. The van der Waals surface area contributed by atoms with Crippen molar-refractivity contribution in [3.63, 3.8) is 0 Å². The lowest BCUT2D eigenvalue weighted by Crippen LogP contribution is -2.53. The van der Waals surface area contributed by atoms with E-state index in [-0.39, 0.29) is 5.91 Å². The molecule has 1 aliphatic rings. The Balaban J connectivity index is 2.84. The second-order valence-electron chi connectivity index (χ2n) is 4.65. The highest BCUT2D eigenvalue weighted by Gasteiger charge is 2.37. The molecule has 1 aliphatic heterocycles. The van der Waals surface area contributed by atoms with E-state index in [1.165, 1.54) is 18.9 Å². The van der Waals surface area contributed by atoms with Crippen LogP contribution >= 0.6 is 0 Å². The zero-order valence-corrected chi connectivity index (χ0v) is 11.5. The first-order chi connectivity index (χ1) is 9.36. The molecule has 3 amide bonds. The van der Waals surface area contributed by atoms with Gasteiger partial charge in [0.2, 0.25) is 17.7 Å². The van der Waals surface area contributed by atoms with Gasteiger partial charge in [0.1, 0.15) is 12.1 Å². The van der Waals surface area contributed by atoms with Crippen LogP contribution in [0, 0.1) is 0 Å². The molecule has 8 nitrogen and oxygen atoms in total. The van der Waals surface area contributed by atoms with Crippen LogP contribution in [0.2, 0.25) is 0 Å². The van der Waals surface area contributed by atoms with E-state index in [4.69, 9.17) is 5.11 Å². The Kier molecular flexibility index (Phi) is 5.48. The summed E-state index contributed by atoms with van der Waals surface area (Å²) in [6.07, 6.45) is 0.699. The molecule has 0 saturated carbocycles. The maximum absolute atomic E-state index is 12.3. The summed E-state index contributed by atoms with van der Waals surface area (Å²) in [5.41, 5.74) is 0. The zero-order chi connectivity index (χ0) is 15.3. The van der Waals surface area contributed by atoms with Crippen LogP contribution in [0.1, 0.15) is 26.2 Å². The minimum atomic E-state index is -1.19. The first kappa shape index (κ1) is 15.9. The van der Waals surface area contributed by atoms with Crippen molar-refractivity contribution in [3.05, 3.63) is 0 Å². The molecule has 0 bridgehead atoms. The van der Waals surface area contributed by atoms with E-state index in [0.717, 1.165) is 0 Å². The Labute approximate surface area is 116 Å². The Morgan fingerprint density at radius 2 is 2.00 bits per heavy atom. The Morgan fingerprint density at radius 1 is 1.35 bits per heavy atom. The smallest absolute Gasteiger partial charge is 0.305 e. The van der Waals surface area contributed by atoms with Crippen LogP contribution in [-0.2, 0) is 19.2 Å². The van der Waals surface area contributed by atoms with Gasteiger partial charge in [-0.1, -0.05) is 0 Å². The number of hydrogen-bond acceptors (Lipinski definition) is 4. The van der Waals surface area contributed by atoms with E-state index < -0.39 is 36.3 Å². The molecule has 112 valence electrons. The van der Waals surface area contributed by atoms with Gasteiger partial charge in [0.15, 0.2) is 0 Å².